The average molecular weight is 290 g/mol. The van der Waals surface area contributed by atoms with Crippen molar-refractivity contribution < 1.29 is 5.11 Å². The summed E-state index contributed by atoms with van der Waals surface area (Å²) in [5, 5.41) is 10.2. The molecule has 0 atom stereocenters. The van der Waals surface area contributed by atoms with Gasteiger partial charge in [0.2, 0.25) is 0 Å². The van der Waals surface area contributed by atoms with Gasteiger partial charge in [0.15, 0.2) is 0 Å². The first-order chi connectivity index (χ1) is 10.7. The molecule has 0 unspecified atom stereocenters. The number of hydrogen-bond donors (Lipinski definition) is 1. The number of fused-ring (bicyclic) bond motifs is 3. The van der Waals surface area contributed by atoms with Crippen LogP contribution in [0.1, 0.15) is 17.8 Å². The number of aromatic hydroxyl groups is 1. The summed E-state index contributed by atoms with van der Waals surface area (Å²) in [4.78, 5) is 16.5. The van der Waals surface area contributed by atoms with Gasteiger partial charge >= 0.3 is 0 Å². The van der Waals surface area contributed by atoms with E-state index in [2.05, 4.69) is 9.55 Å². The van der Waals surface area contributed by atoms with Gasteiger partial charge in [0.1, 0.15) is 11.6 Å². The molecule has 0 radical (unpaired) electrons. The molecule has 0 saturated heterocycles. The maximum Gasteiger partial charge on any atom is 0.281 e. The third-order valence-electron chi connectivity index (χ3n) is 3.99. The highest BCUT2D eigenvalue weighted by Crippen LogP contribution is 2.29. The summed E-state index contributed by atoms with van der Waals surface area (Å²) in [7, 11) is 0. The molecule has 1 aromatic heterocycles. The first-order valence-corrected chi connectivity index (χ1v) is 7.22. The second-order valence-electron chi connectivity index (χ2n) is 5.42. The highest BCUT2D eigenvalue weighted by molar-refractivity contribution is 5.85. The lowest BCUT2D eigenvalue weighted by Gasteiger charge is -2.07. The SMILES string of the molecule is O=c1nc2n(c3ccccc13)CC/C2=C/c1cccc(O)c1. The van der Waals surface area contributed by atoms with Crippen molar-refractivity contribution >= 4 is 22.6 Å². The maximum absolute atomic E-state index is 12.2. The molecule has 4 heteroatoms. The fraction of sp³-hybridized carbons (Fsp3) is 0.111. The zero-order chi connectivity index (χ0) is 15.1. The average Bonchev–Trinajstić information content (AvgIpc) is 2.91. The molecular formula is C18H14N2O2. The van der Waals surface area contributed by atoms with Crippen LogP contribution in [0.2, 0.25) is 0 Å². The summed E-state index contributed by atoms with van der Waals surface area (Å²) in [6.07, 6.45) is 2.82. The Hall–Kier alpha value is -2.88. The van der Waals surface area contributed by atoms with Crippen molar-refractivity contribution in [2.24, 2.45) is 0 Å². The monoisotopic (exact) mass is 290 g/mol. The molecule has 4 rings (SSSR count). The molecule has 0 spiro atoms. The Balaban J connectivity index is 1.91. The number of nitrogens with zero attached hydrogens (tertiary/aromatic N) is 2. The van der Waals surface area contributed by atoms with Crippen molar-refractivity contribution in [1.82, 2.24) is 9.55 Å². The van der Waals surface area contributed by atoms with Crippen LogP contribution in [-0.4, -0.2) is 14.7 Å². The van der Waals surface area contributed by atoms with E-state index in [1.807, 2.05) is 36.4 Å². The first-order valence-electron chi connectivity index (χ1n) is 7.22. The molecule has 0 aliphatic carbocycles. The molecule has 0 saturated carbocycles. The molecule has 2 heterocycles. The summed E-state index contributed by atoms with van der Waals surface area (Å²) in [6.45, 7) is 0.813. The minimum absolute atomic E-state index is 0.189. The maximum atomic E-state index is 12.2. The predicted octanol–water partition coefficient (Wildman–Crippen LogP) is 3.05. The molecule has 1 aliphatic rings. The topological polar surface area (TPSA) is 55.1 Å². The smallest absolute Gasteiger partial charge is 0.281 e. The number of rotatable bonds is 1. The van der Waals surface area contributed by atoms with Crippen LogP contribution in [0.4, 0.5) is 0 Å². The third kappa shape index (κ3) is 2.00. The van der Waals surface area contributed by atoms with Gasteiger partial charge in [0.25, 0.3) is 5.56 Å². The number of allylic oxidation sites excluding steroid dienone is 1. The van der Waals surface area contributed by atoms with Gasteiger partial charge in [-0.3, -0.25) is 4.79 Å². The molecule has 22 heavy (non-hydrogen) atoms. The highest BCUT2D eigenvalue weighted by atomic mass is 16.3. The van der Waals surface area contributed by atoms with E-state index < -0.39 is 0 Å². The van der Waals surface area contributed by atoms with Crippen LogP contribution in [0, 0.1) is 0 Å². The van der Waals surface area contributed by atoms with E-state index in [0.717, 1.165) is 35.4 Å². The summed E-state index contributed by atoms with van der Waals surface area (Å²) < 4.78 is 2.09. The van der Waals surface area contributed by atoms with Crippen molar-refractivity contribution in [3.8, 4) is 5.75 Å². The van der Waals surface area contributed by atoms with E-state index in [-0.39, 0.29) is 11.3 Å². The van der Waals surface area contributed by atoms with E-state index in [4.69, 9.17) is 0 Å². The van der Waals surface area contributed by atoms with Gasteiger partial charge in [0, 0.05) is 6.54 Å². The van der Waals surface area contributed by atoms with Crippen LogP contribution < -0.4 is 5.56 Å². The van der Waals surface area contributed by atoms with Gasteiger partial charge in [0.05, 0.1) is 10.9 Å². The minimum Gasteiger partial charge on any atom is -0.508 e. The summed E-state index contributed by atoms with van der Waals surface area (Å²) in [5.41, 5.74) is 2.67. The Morgan fingerprint density at radius 1 is 1.14 bits per heavy atom. The molecule has 0 fully saturated rings. The number of phenolic OH excluding ortho intramolecular Hbond substituents is 1. The van der Waals surface area contributed by atoms with Gasteiger partial charge in [-0.2, -0.15) is 4.98 Å². The van der Waals surface area contributed by atoms with Crippen LogP contribution in [0.15, 0.2) is 53.3 Å². The van der Waals surface area contributed by atoms with E-state index in [0.29, 0.717) is 5.39 Å². The second-order valence-corrected chi connectivity index (χ2v) is 5.42. The lowest BCUT2D eigenvalue weighted by Crippen LogP contribution is -2.14. The number of hydrogen-bond acceptors (Lipinski definition) is 3. The van der Waals surface area contributed by atoms with E-state index in [1.165, 1.54) is 0 Å². The second kappa shape index (κ2) is 4.84. The number of benzene rings is 2. The molecule has 1 N–H and O–H groups in total. The van der Waals surface area contributed by atoms with Gasteiger partial charge in [-0.25, -0.2) is 0 Å². The largest absolute Gasteiger partial charge is 0.508 e. The van der Waals surface area contributed by atoms with E-state index in [1.54, 1.807) is 18.2 Å². The molecule has 4 nitrogen and oxygen atoms in total. The lowest BCUT2D eigenvalue weighted by molar-refractivity contribution is 0.475. The summed E-state index contributed by atoms with van der Waals surface area (Å²) >= 11 is 0. The Labute approximate surface area is 127 Å². The van der Waals surface area contributed by atoms with E-state index >= 15 is 0 Å². The van der Waals surface area contributed by atoms with Gasteiger partial charge in [-0.15, -0.1) is 0 Å². The van der Waals surface area contributed by atoms with Crippen LogP contribution in [0.25, 0.3) is 22.6 Å². The van der Waals surface area contributed by atoms with Gasteiger partial charge in [-0.1, -0.05) is 24.3 Å². The number of para-hydroxylation sites is 1. The number of aromatic nitrogens is 2. The van der Waals surface area contributed by atoms with Crippen LogP contribution in [0.5, 0.6) is 5.75 Å². The van der Waals surface area contributed by atoms with Crippen molar-refractivity contribution in [2.75, 3.05) is 0 Å². The zero-order valence-electron chi connectivity index (χ0n) is 11.9. The van der Waals surface area contributed by atoms with Crippen LogP contribution >= 0.6 is 0 Å². The van der Waals surface area contributed by atoms with Crippen molar-refractivity contribution in [3.63, 3.8) is 0 Å². The van der Waals surface area contributed by atoms with E-state index in [9.17, 15) is 9.90 Å². The lowest BCUT2D eigenvalue weighted by atomic mass is 10.1. The molecule has 0 bridgehead atoms. The van der Waals surface area contributed by atoms with Gasteiger partial charge < -0.3 is 9.67 Å². The third-order valence-corrected chi connectivity index (χ3v) is 3.99. The normalized spacial score (nSPS) is 15.4. The molecule has 108 valence electrons. The zero-order valence-corrected chi connectivity index (χ0v) is 11.9. The quantitative estimate of drug-likeness (QED) is 0.749. The van der Waals surface area contributed by atoms with Gasteiger partial charge in [-0.05, 0) is 47.9 Å². The predicted molar refractivity (Wildman–Crippen MR) is 86.6 cm³/mol. The molecule has 1 aliphatic heterocycles. The highest BCUT2D eigenvalue weighted by Gasteiger charge is 2.20. The summed E-state index contributed by atoms with van der Waals surface area (Å²) in [5.74, 6) is 0.961. The Kier molecular flexibility index (Phi) is 2.82. The Bertz CT molecular complexity index is 970. The molecular weight excluding hydrogens is 276 g/mol. The molecule has 2 aromatic carbocycles. The molecule has 3 aromatic rings. The first kappa shape index (κ1) is 12.8. The minimum atomic E-state index is -0.189. The van der Waals surface area contributed by atoms with Crippen molar-refractivity contribution in [1.29, 1.82) is 0 Å². The van der Waals surface area contributed by atoms with Crippen molar-refractivity contribution in [3.05, 3.63) is 70.3 Å². The van der Waals surface area contributed by atoms with Crippen LogP contribution in [-0.2, 0) is 6.54 Å². The Morgan fingerprint density at radius 2 is 2.00 bits per heavy atom. The Morgan fingerprint density at radius 3 is 2.86 bits per heavy atom. The number of aryl methyl sites for hydroxylation is 1. The summed E-state index contributed by atoms with van der Waals surface area (Å²) in [6, 6.07) is 14.6. The fourth-order valence-electron chi connectivity index (χ4n) is 2.99. The van der Waals surface area contributed by atoms with Crippen LogP contribution in [0.3, 0.4) is 0 Å². The fourth-order valence-corrected chi connectivity index (χ4v) is 2.99. The molecule has 0 amide bonds. The standard InChI is InChI=1S/C18H14N2O2/c21-14-5-3-4-12(11-14)10-13-8-9-20-16-7-2-1-6-15(16)18(22)19-17(13)20/h1-7,10-11,21H,8-9H2/b13-10-. The number of phenols is 1. The van der Waals surface area contributed by atoms with Crippen molar-refractivity contribution in [2.45, 2.75) is 13.0 Å².